The Morgan fingerprint density at radius 2 is 2.14 bits per heavy atom. The van der Waals surface area contributed by atoms with Gasteiger partial charge in [-0.1, -0.05) is 52.8 Å². The monoisotopic (exact) mass is 475 g/mol. The van der Waals surface area contributed by atoms with Crippen LogP contribution < -0.4 is 4.90 Å². The van der Waals surface area contributed by atoms with Crippen LogP contribution in [-0.4, -0.2) is 33.7 Å². The third kappa shape index (κ3) is 4.45. The molecule has 1 atom stereocenters. The molecule has 0 N–H and O–H groups in total. The summed E-state index contributed by atoms with van der Waals surface area (Å²) in [6.45, 7) is 2.92. The third-order valence-electron chi connectivity index (χ3n) is 4.34. The maximum atomic E-state index is 12.9. The molecule has 0 saturated carbocycles. The number of nitrogens with zero attached hydrogens (tertiary/aromatic N) is 3. The highest BCUT2D eigenvalue weighted by Crippen LogP contribution is 2.37. The molecule has 2 aromatic carbocycles. The average molecular weight is 476 g/mol. The van der Waals surface area contributed by atoms with E-state index in [2.05, 4.69) is 39.1 Å². The second-order valence-electron chi connectivity index (χ2n) is 6.40. The van der Waals surface area contributed by atoms with Crippen LogP contribution in [0.4, 0.5) is 5.69 Å². The van der Waals surface area contributed by atoms with Gasteiger partial charge >= 0.3 is 0 Å². The first-order chi connectivity index (χ1) is 13.6. The molecule has 0 saturated heterocycles. The van der Waals surface area contributed by atoms with Crippen molar-refractivity contribution >= 4 is 51.0 Å². The van der Waals surface area contributed by atoms with Gasteiger partial charge in [0, 0.05) is 26.7 Å². The maximum Gasteiger partial charge on any atom is 0.277 e. The standard InChI is InChI=1S/C20H18BrN3O2S2/c1-13-9-10-24(16-7-2-3-8-17(16)28-13)18(25)12-27-20-23-22-19(26-20)14-5-4-6-15(21)11-14/h2-8,11,13H,9-10,12H2,1H3/t13-/m1/s1. The van der Waals surface area contributed by atoms with Crippen molar-refractivity contribution in [1.29, 1.82) is 0 Å². The van der Waals surface area contributed by atoms with Gasteiger partial charge in [-0.25, -0.2) is 0 Å². The normalized spacial score (nSPS) is 16.5. The molecule has 8 heteroatoms. The summed E-state index contributed by atoms with van der Waals surface area (Å²) in [7, 11) is 0. The number of amides is 1. The van der Waals surface area contributed by atoms with Gasteiger partial charge in [-0.2, -0.15) is 0 Å². The van der Waals surface area contributed by atoms with Crippen LogP contribution in [0.15, 0.2) is 67.5 Å². The Kier molecular flexibility index (Phi) is 6.08. The number of rotatable bonds is 4. The Hall–Kier alpha value is -1.77. The molecule has 4 rings (SSSR count). The van der Waals surface area contributed by atoms with Gasteiger partial charge in [0.05, 0.1) is 11.4 Å². The van der Waals surface area contributed by atoms with Gasteiger partial charge in [0.1, 0.15) is 0 Å². The van der Waals surface area contributed by atoms with Crippen LogP contribution in [0.3, 0.4) is 0 Å². The second kappa shape index (κ2) is 8.71. The van der Waals surface area contributed by atoms with Crippen molar-refractivity contribution in [1.82, 2.24) is 10.2 Å². The van der Waals surface area contributed by atoms with E-state index in [0.29, 0.717) is 16.4 Å². The van der Waals surface area contributed by atoms with E-state index in [4.69, 9.17) is 4.42 Å². The number of hydrogen-bond acceptors (Lipinski definition) is 6. The van der Waals surface area contributed by atoms with Crippen LogP contribution in [0, 0.1) is 0 Å². The summed E-state index contributed by atoms with van der Waals surface area (Å²) in [6, 6.07) is 15.8. The lowest BCUT2D eigenvalue weighted by Crippen LogP contribution is -2.33. The molecule has 1 amide bonds. The number of anilines is 1. The first-order valence-electron chi connectivity index (χ1n) is 8.88. The zero-order valence-corrected chi connectivity index (χ0v) is 18.4. The molecule has 5 nitrogen and oxygen atoms in total. The van der Waals surface area contributed by atoms with Crippen molar-refractivity contribution in [3.05, 3.63) is 53.0 Å². The Balaban J connectivity index is 1.45. The minimum Gasteiger partial charge on any atom is -0.411 e. The molecule has 0 unspecified atom stereocenters. The molecule has 0 aliphatic carbocycles. The highest BCUT2D eigenvalue weighted by molar-refractivity contribution is 9.10. The molecule has 0 spiro atoms. The molecular weight excluding hydrogens is 458 g/mol. The zero-order valence-electron chi connectivity index (χ0n) is 15.2. The SMILES string of the molecule is C[C@@H]1CCN(C(=O)CSc2nnc(-c3cccc(Br)c3)o2)c2ccccc2S1. The quantitative estimate of drug-likeness (QED) is 0.463. The summed E-state index contributed by atoms with van der Waals surface area (Å²) in [5.41, 5.74) is 1.83. The summed E-state index contributed by atoms with van der Waals surface area (Å²) in [4.78, 5) is 15.9. The molecule has 28 heavy (non-hydrogen) atoms. The van der Waals surface area contributed by atoms with E-state index < -0.39 is 0 Å². The van der Waals surface area contributed by atoms with E-state index in [0.717, 1.165) is 33.6 Å². The van der Waals surface area contributed by atoms with Crippen molar-refractivity contribution in [3.63, 3.8) is 0 Å². The van der Waals surface area contributed by atoms with Gasteiger partial charge in [0.2, 0.25) is 11.8 Å². The summed E-state index contributed by atoms with van der Waals surface area (Å²) >= 11 is 6.54. The molecule has 144 valence electrons. The largest absolute Gasteiger partial charge is 0.411 e. The number of carbonyl (C=O) groups is 1. The van der Waals surface area contributed by atoms with E-state index in [-0.39, 0.29) is 11.7 Å². The van der Waals surface area contributed by atoms with E-state index in [1.807, 2.05) is 59.1 Å². The highest BCUT2D eigenvalue weighted by atomic mass is 79.9. The predicted octanol–water partition coefficient (Wildman–Crippen LogP) is 5.51. The Morgan fingerprint density at radius 1 is 1.29 bits per heavy atom. The van der Waals surface area contributed by atoms with Crippen LogP contribution in [0.25, 0.3) is 11.5 Å². The number of aromatic nitrogens is 2. The number of para-hydroxylation sites is 1. The second-order valence-corrected chi connectivity index (χ2v) is 9.72. The van der Waals surface area contributed by atoms with Crippen LogP contribution in [0.2, 0.25) is 0 Å². The zero-order chi connectivity index (χ0) is 19.5. The van der Waals surface area contributed by atoms with Crippen LogP contribution >= 0.6 is 39.5 Å². The minimum absolute atomic E-state index is 0.0503. The molecule has 1 aliphatic heterocycles. The Labute approximate surface area is 180 Å². The fourth-order valence-electron chi connectivity index (χ4n) is 2.95. The molecule has 2 heterocycles. The summed E-state index contributed by atoms with van der Waals surface area (Å²) < 4.78 is 6.66. The number of fused-ring (bicyclic) bond motifs is 1. The fraction of sp³-hybridized carbons (Fsp3) is 0.250. The number of carbonyl (C=O) groups excluding carboxylic acids is 1. The molecule has 1 aliphatic rings. The lowest BCUT2D eigenvalue weighted by atomic mass is 10.2. The molecule has 3 aromatic rings. The minimum atomic E-state index is 0.0503. The molecule has 0 bridgehead atoms. The fourth-order valence-corrected chi connectivity index (χ4v) is 5.10. The number of benzene rings is 2. The van der Waals surface area contributed by atoms with Gasteiger partial charge in [-0.3, -0.25) is 4.79 Å². The number of hydrogen-bond donors (Lipinski definition) is 0. The van der Waals surface area contributed by atoms with Crippen molar-refractivity contribution in [2.24, 2.45) is 0 Å². The van der Waals surface area contributed by atoms with Crippen LogP contribution in [0.1, 0.15) is 13.3 Å². The first-order valence-corrected chi connectivity index (χ1v) is 11.5. The van der Waals surface area contributed by atoms with Crippen LogP contribution in [-0.2, 0) is 4.79 Å². The van der Waals surface area contributed by atoms with E-state index in [9.17, 15) is 4.79 Å². The predicted molar refractivity (Wildman–Crippen MR) is 117 cm³/mol. The van der Waals surface area contributed by atoms with Crippen LogP contribution in [0.5, 0.6) is 0 Å². The highest BCUT2D eigenvalue weighted by Gasteiger charge is 2.24. The van der Waals surface area contributed by atoms with Crippen molar-refractivity contribution in [2.75, 3.05) is 17.2 Å². The lowest BCUT2D eigenvalue weighted by Gasteiger charge is -2.22. The van der Waals surface area contributed by atoms with Gasteiger partial charge < -0.3 is 9.32 Å². The van der Waals surface area contributed by atoms with E-state index >= 15 is 0 Å². The number of halogens is 1. The smallest absolute Gasteiger partial charge is 0.277 e. The van der Waals surface area contributed by atoms with Crippen molar-refractivity contribution in [3.8, 4) is 11.5 Å². The van der Waals surface area contributed by atoms with Gasteiger partial charge in [-0.05, 0) is 36.8 Å². The third-order valence-corrected chi connectivity index (χ3v) is 6.88. The van der Waals surface area contributed by atoms with Crippen molar-refractivity contribution in [2.45, 2.75) is 28.7 Å². The summed E-state index contributed by atoms with van der Waals surface area (Å²) in [5, 5.41) is 9.04. The summed E-state index contributed by atoms with van der Waals surface area (Å²) in [5.74, 6) is 0.754. The number of thioether (sulfide) groups is 2. The Bertz CT molecular complexity index is 995. The van der Waals surface area contributed by atoms with Gasteiger partial charge in [0.15, 0.2) is 0 Å². The Morgan fingerprint density at radius 3 is 3.00 bits per heavy atom. The van der Waals surface area contributed by atoms with E-state index in [1.54, 1.807) is 0 Å². The first kappa shape index (κ1) is 19.5. The molecule has 1 aromatic heterocycles. The maximum absolute atomic E-state index is 12.9. The molecular formula is C20H18BrN3O2S2. The molecule has 0 radical (unpaired) electrons. The summed E-state index contributed by atoms with van der Waals surface area (Å²) in [6.07, 6.45) is 0.962. The van der Waals surface area contributed by atoms with Gasteiger partial charge in [-0.15, -0.1) is 22.0 Å². The lowest BCUT2D eigenvalue weighted by molar-refractivity contribution is -0.116. The van der Waals surface area contributed by atoms with E-state index in [1.165, 1.54) is 11.8 Å². The average Bonchev–Trinajstić information content (AvgIpc) is 3.10. The topological polar surface area (TPSA) is 59.2 Å². The van der Waals surface area contributed by atoms with Crippen molar-refractivity contribution < 1.29 is 9.21 Å². The van der Waals surface area contributed by atoms with Gasteiger partial charge in [0.25, 0.3) is 5.22 Å². The molecule has 0 fully saturated rings.